The Morgan fingerprint density at radius 1 is 1.22 bits per heavy atom. The van der Waals surface area contributed by atoms with Gasteiger partial charge in [0.2, 0.25) is 22.7 Å². The van der Waals surface area contributed by atoms with E-state index >= 15 is 0 Å². The molecule has 27 heavy (non-hydrogen) atoms. The molecule has 1 aliphatic rings. The van der Waals surface area contributed by atoms with Gasteiger partial charge < -0.3 is 14.8 Å². The van der Waals surface area contributed by atoms with Gasteiger partial charge in [-0.25, -0.2) is 8.42 Å². The van der Waals surface area contributed by atoms with Crippen molar-refractivity contribution in [3.63, 3.8) is 0 Å². The first-order valence-corrected chi connectivity index (χ1v) is 11.2. The van der Waals surface area contributed by atoms with Gasteiger partial charge in [-0.3, -0.25) is 9.10 Å². The monoisotopic (exact) mass is 398 g/mol. The molecule has 1 heterocycles. The van der Waals surface area contributed by atoms with Gasteiger partial charge in [-0.05, 0) is 31.4 Å². The fraction of sp³-hybridized carbons (Fsp3) is 0.632. The molecule has 0 radical (unpaired) electrons. The van der Waals surface area contributed by atoms with E-state index in [0.29, 0.717) is 29.6 Å². The molecule has 1 amide bonds. The fourth-order valence-electron chi connectivity index (χ4n) is 2.93. The minimum atomic E-state index is -3.61. The minimum absolute atomic E-state index is 0.0944. The van der Waals surface area contributed by atoms with E-state index in [1.165, 1.54) is 0 Å². The molecule has 1 atom stereocenters. The largest absolute Gasteiger partial charge is 0.454 e. The number of hydrogen-bond donors (Lipinski definition) is 1. The summed E-state index contributed by atoms with van der Waals surface area (Å²) in [5, 5.41) is 2.89. The number of carbonyl (C=O) groups is 1. The zero-order chi connectivity index (χ0) is 19.9. The predicted octanol–water partition coefficient (Wildman–Crippen LogP) is 2.90. The molecular formula is C19H30N2O5S. The van der Waals surface area contributed by atoms with Gasteiger partial charge in [-0.1, -0.05) is 33.1 Å². The number of amides is 1. The molecular weight excluding hydrogens is 368 g/mol. The van der Waals surface area contributed by atoms with Crippen LogP contribution in [0.5, 0.6) is 11.5 Å². The van der Waals surface area contributed by atoms with Crippen LogP contribution in [0.15, 0.2) is 18.2 Å². The van der Waals surface area contributed by atoms with Crippen molar-refractivity contribution in [1.82, 2.24) is 5.32 Å². The molecule has 7 nitrogen and oxygen atoms in total. The van der Waals surface area contributed by atoms with Crippen LogP contribution >= 0.6 is 0 Å². The van der Waals surface area contributed by atoms with Crippen LogP contribution in [0, 0.1) is 5.92 Å². The van der Waals surface area contributed by atoms with E-state index in [9.17, 15) is 13.2 Å². The average Bonchev–Trinajstić information content (AvgIpc) is 3.13. The predicted molar refractivity (Wildman–Crippen MR) is 106 cm³/mol. The molecule has 2 rings (SSSR count). The Labute approximate surface area is 162 Å². The van der Waals surface area contributed by atoms with Gasteiger partial charge in [-0.15, -0.1) is 0 Å². The Balaban J connectivity index is 2.08. The van der Waals surface area contributed by atoms with Gasteiger partial charge in [0.25, 0.3) is 0 Å². The highest BCUT2D eigenvalue weighted by atomic mass is 32.2. The summed E-state index contributed by atoms with van der Waals surface area (Å²) in [5.74, 6) is 1.06. The number of fused-ring (bicyclic) bond motifs is 1. The number of nitrogens with zero attached hydrogens (tertiary/aromatic N) is 1. The van der Waals surface area contributed by atoms with Crippen LogP contribution in [0.25, 0.3) is 0 Å². The fourth-order valence-corrected chi connectivity index (χ4v) is 3.99. The normalized spacial score (nSPS) is 14.0. The van der Waals surface area contributed by atoms with E-state index in [0.717, 1.165) is 30.0 Å². The number of benzene rings is 1. The lowest BCUT2D eigenvalue weighted by Crippen LogP contribution is -2.42. The topological polar surface area (TPSA) is 84.9 Å². The standard InChI is InChI=1S/C19H30N2O5S/c1-4-7-8-15(5-2)12-20-19(22)13-21(27(23,24)6-3)16-9-10-17-18(11-16)26-14-25-17/h9-11,15H,4-8,12-14H2,1-3H3,(H,20,22)/t15-/m1/s1. The highest BCUT2D eigenvalue weighted by molar-refractivity contribution is 7.92. The summed E-state index contributed by atoms with van der Waals surface area (Å²) in [6.07, 6.45) is 4.30. The van der Waals surface area contributed by atoms with Crippen LogP contribution in [-0.2, 0) is 14.8 Å². The van der Waals surface area contributed by atoms with Crippen LogP contribution in [0.4, 0.5) is 5.69 Å². The lowest BCUT2D eigenvalue weighted by molar-refractivity contribution is -0.119. The highest BCUT2D eigenvalue weighted by Crippen LogP contribution is 2.36. The number of sulfonamides is 1. The summed E-state index contributed by atoms with van der Waals surface area (Å²) in [7, 11) is -3.61. The molecule has 0 spiro atoms. The van der Waals surface area contributed by atoms with E-state index in [2.05, 4.69) is 19.2 Å². The first kappa shape index (κ1) is 21.3. The molecule has 1 aromatic carbocycles. The third kappa shape index (κ3) is 5.76. The van der Waals surface area contributed by atoms with Crippen LogP contribution in [0.3, 0.4) is 0 Å². The highest BCUT2D eigenvalue weighted by Gasteiger charge is 2.26. The first-order chi connectivity index (χ1) is 12.9. The van der Waals surface area contributed by atoms with Crippen molar-refractivity contribution < 1.29 is 22.7 Å². The Morgan fingerprint density at radius 3 is 2.63 bits per heavy atom. The Kier molecular flexibility index (Phi) is 7.77. The molecule has 0 bridgehead atoms. The smallest absolute Gasteiger partial charge is 0.240 e. The van der Waals surface area contributed by atoms with E-state index in [1.54, 1.807) is 25.1 Å². The molecule has 0 aliphatic carbocycles. The zero-order valence-electron chi connectivity index (χ0n) is 16.4. The van der Waals surface area contributed by atoms with Crippen molar-refractivity contribution in [2.75, 3.05) is 29.9 Å². The first-order valence-electron chi connectivity index (χ1n) is 9.58. The van der Waals surface area contributed by atoms with Crippen LogP contribution in [0.1, 0.15) is 46.5 Å². The summed E-state index contributed by atoms with van der Waals surface area (Å²) in [6, 6.07) is 4.88. The van der Waals surface area contributed by atoms with Gasteiger partial charge in [-0.2, -0.15) is 0 Å². The van der Waals surface area contributed by atoms with Gasteiger partial charge in [0.1, 0.15) is 6.54 Å². The maximum absolute atomic E-state index is 12.5. The third-order valence-corrected chi connectivity index (χ3v) is 6.50. The van der Waals surface area contributed by atoms with E-state index in [-0.39, 0.29) is 25.0 Å². The van der Waals surface area contributed by atoms with Crippen LogP contribution < -0.4 is 19.1 Å². The van der Waals surface area contributed by atoms with Gasteiger partial charge in [0.15, 0.2) is 11.5 Å². The molecule has 0 aromatic heterocycles. The summed E-state index contributed by atoms with van der Waals surface area (Å²) in [5.41, 5.74) is 0.397. The molecule has 0 unspecified atom stereocenters. The zero-order valence-corrected chi connectivity index (χ0v) is 17.2. The minimum Gasteiger partial charge on any atom is -0.454 e. The molecule has 0 fully saturated rings. The number of unbranched alkanes of at least 4 members (excludes halogenated alkanes) is 1. The van der Waals surface area contributed by atoms with Gasteiger partial charge in [0.05, 0.1) is 11.4 Å². The summed E-state index contributed by atoms with van der Waals surface area (Å²) in [6.45, 7) is 6.23. The van der Waals surface area contributed by atoms with Crippen LogP contribution in [-0.4, -0.2) is 40.0 Å². The molecule has 1 aromatic rings. The molecule has 0 saturated carbocycles. The Bertz CT molecular complexity index is 736. The number of ether oxygens (including phenoxy) is 2. The quantitative estimate of drug-likeness (QED) is 0.619. The molecule has 8 heteroatoms. The van der Waals surface area contributed by atoms with Crippen molar-refractivity contribution in [3.05, 3.63) is 18.2 Å². The number of nitrogens with one attached hydrogen (secondary N) is 1. The number of carbonyl (C=O) groups excluding carboxylic acids is 1. The van der Waals surface area contributed by atoms with E-state index < -0.39 is 10.0 Å². The second kappa shape index (κ2) is 9.82. The van der Waals surface area contributed by atoms with Gasteiger partial charge >= 0.3 is 0 Å². The van der Waals surface area contributed by atoms with Crippen molar-refractivity contribution >= 4 is 21.6 Å². The van der Waals surface area contributed by atoms with Crippen molar-refractivity contribution in [3.8, 4) is 11.5 Å². The van der Waals surface area contributed by atoms with Crippen LogP contribution in [0.2, 0.25) is 0 Å². The van der Waals surface area contributed by atoms with Crippen molar-refractivity contribution in [2.45, 2.75) is 46.5 Å². The summed E-state index contributed by atoms with van der Waals surface area (Å²) < 4.78 is 36.8. The second-order valence-electron chi connectivity index (χ2n) is 6.67. The Morgan fingerprint density at radius 2 is 1.96 bits per heavy atom. The molecule has 152 valence electrons. The van der Waals surface area contributed by atoms with E-state index in [1.807, 2.05) is 0 Å². The number of rotatable bonds is 11. The lowest BCUT2D eigenvalue weighted by Gasteiger charge is -2.24. The molecule has 1 aliphatic heterocycles. The second-order valence-corrected chi connectivity index (χ2v) is 8.85. The van der Waals surface area contributed by atoms with Crippen molar-refractivity contribution in [2.24, 2.45) is 5.92 Å². The van der Waals surface area contributed by atoms with Gasteiger partial charge in [0, 0.05) is 12.6 Å². The number of anilines is 1. The lowest BCUT2D eigenvalue weighted by atomic mass is 9.99. The number of hydrogen-bond acceptors (Lipinski definition) is 5. The average molecular weight is 399 g/mol. The Hall–Kier alpha value is -1.96. The summed E-state index contributed by atoms with van der Waals surface area (Å²) >= 11 is 0. The molecule has 0 saturated heterocycles. The SMILES string of the molecule is CCCC[C@@H](CC)CNC(=O)CN(c1ccc2c(c1)OCO2)S(=O)(=O)CC. The summed E-state index contributed by atoms with van der Waals surface area (Å²) in [4.78, 5) is 12.4. The van der Waals surface area contributed by atoms with E-state index in [4.69, 9.17) is 9.47 Å². The maximum atomic E-state index is 12.5. The van der Waals surface area contributed by atoms with Crippen molar-refractivity contribution in [1.29, 1.82) is 0 Å². The maximum Gasteiger partial charge on any atom is 0.240 e. The molecule has 1 N–H and O–H groups in total. The third-order valence-electron chi connectivity index (χ3n) is 4.76.